The van der Waals surface area contributed by atoms with E-state index in [1.807, 2.05) is 20.8 Å². The summed E-state index contributed by atoms with van der Waals surface area (Å²) in [5, 5.41) is 20.7. The molecular formula is C28H32N4O6. The van der Waals surface area contributed by atoms with Crippen molar-refractivity contribution in [3.05, 3.63) is 58.1 Å². The van der Waals surface area contributed by atoms with Gasteiger partial charge in [0, 0.05) is 42.7 Å². The number of anilines is 1. The van der Waals surface area contributed by atoms with Crippen molar-refractivity contribution in [2.24, 2.45) is 0 Å². The number of benzene rings is 2. The Kier molecular flexibility index (Phi) is 7.01. The third-order valence-corrected chi connectivity index (χ3v) is 7.37. The van der Waals surface area contributed by atoms with Crippen LogP contribution in [0.3, 0.4) is 0 Å². The molecule has 3 N–H and O–H groups in total. The third-order valence-electron chi connectivity index (χ3n) is 7.37. The first kappa shape index (κ1) is 26.8. The number of ketones is 1. The van der Waals surface area contributed by atoms with E-state index >= 15 is 0 Å². The van der Waals surface area contributed by atoms with Gasteiger partial charge < -0.3 is 25.0 Å². The fourth-order valence-electron chi connectivity index (χ4n) is 5.42. The lowest BCUT2D eigenvalue weighted by Crippen LogP contribution is -2.45. The Morgan fingerprint density at radius 1 is 1.18 bits per heavy atom. The fraction of sp³-hybridized carbons (Fsp3) is 0.393. The van der Waals surface area contributed by atoms with Gasteiger partial charge in [-0.1, -0.05) is 13.8 Å². The SMILES string of the molecule is CCOc1cc2c(cc1C(=O)NC)C(=N)N(CC(=O)c1ccc3c(c1)C(C)(C)C(CC(=O)O)N3C(C)=O)C2. The number of hydrogen-bond donors (Lipinski definition) is 3. The molecule has 0 saturated carbocycles. The minimum atomic E-state index is -1.00. The molecule has 0 saturated heterocycles. The molecule has 2 aliphatic heterocycles. The minimum absolute atomic E-state index is 0.0546. The quantitative estimate of drug-likeness (QED) is 0.455. The van der Waals surface area contributed by atoms with E-state index in [1.54, 1.807) is 35.2 Å². The van der Waals surface area contributed by atoms with Gasteiger partial charge in [0.2, 0.25) is 5.91 Å². The molecule has 2 amide bonds. The zero-order valence-electron chi connectivity index (χ0n) is 22.2. The zero-order chi connectivity index (χ0) is 27.9. The number of ether oxygens (including phenoxy) is 1. The first-order chi connectivity index (χ1) is 17.9. The van der Waals surface area contributed by atoms with Crippen LogP contribution in [0, 0.1) is 5.41 Å². The van der Waals surface area contributed by atoms with Crippen molar-refractivity contribution in [1.82, 2.24) is 10.2 Å². The predicted octanol–water partition coefficient (Wildman–Crippen LogP) is 2.96. The van der Waals surface area contributed by atoms with E-state index in [9.17, 15) is 24.3 Å². The van der Waals surface area contributed by atoms with Crippen LogP contribution in [-0.2, 0) is 21.5 Å². The number of nitrogens with one attached hydrogen (secondary N) is 2. The highest BCUT2D eigenvalue weighted by Gasteiger charge is 2.47. The van der Waals surface area contributed by atoms with E-state index in [4.69, 9.17) is 10.1 Å². The van der Waals surface area contributed by atoms with Gasteiger partial charge in [0.05, 0.1) is 31.2 Å². The average Bonchev–Trinajstić information content (AvgIpc) is 3.27. The van der Waals surface area contributed by atoms with Crippen LogP contribution in [0.5, 0.6) is 5.75 Å². The molecule has 10 heteroatoms. The molecule has 4 rings (SSSR count). The van der Waals surface area contributed by atoms with Crippen molar-refractivity contribution < 1.29 is 29.0 Å². The predicted molar refractivity (Wildman–Crippen MR) is 141 cm³/mol. The molecule has 2 aliphatic rings. The maximum Gasteiger partial charge on any atom is 0.305 e. The first-order valence-corrected chi connectivity index (χ1v) is 12.5. The van der Waals surface area contributed by atoms with Crippen LogP contribution in [0.15, 0.2) is 30.3 Å². The van der Waals surface area contributed by atoms with Crippen LogP contribution in [0.2, 0.25) is 0 Å². The second-order valence-electron chi connectivity index (χ2n) is 10.1. The molecule has 0 aliphatic carbocycles. The topological polar surface area (TPSA) is 140 Å². The van der Waals surface area contributed by atoms with Gasteiger partial charge in [0.1, 0.15) is 11.6 Å². The van der Waals surface area contributed by atoms with Crippen LogP contribution in [-0.4, -0.2) is 65.7 Å². The van der Waals surface area contributed by atoms with Crippen molar-refractivity contribution >= 4 is 35.1 Å². The Labute approximate surface area is 221 Å². The van der Waals surface area contributed by atoms with Crippen LogP contribution >= 0.6 is 0 Å². The number of amidine groups is 1. The summed E-state index contributed by atoms with van der Waals surface area (Å²) in [5.41, 5.74) is 2.78. The number of nitrogens with zero attached hydrogens (tertiary/aromatic N) is 2. The summed E-state index contributed by atoms with van der Waals surface area (Å²) >= 11 is 0. The number of carbonyl (C=O) groups excluding carboxylic acids is 3. The number of aliphatic carboxylic acids is 1. The Balaban J connectivity index is 1.60. The van der Waals surface area contributed by atoms with Crippen LogP contribution in [0.1, 0.15) is 71.5 Å². The number of Topliss-reactive ketones (excluding diaryl/α,β-unsaturated/α-hetero) is 1. The Bertz CT molecular complexity index is 1370. The Morgan fingerprint density at radius 2 is 1.89 bits per heavy atom. The maximum atomic E-state index is 13.4. The first-order valence-electron chi connectivity index (χ1n) is 12.5. The van der Waals surface area contributed by atoms with Crippen LogP contribution in [0.25, 0.3) is 0 Å². The molecule has 0 radical (unpaired) electrons. The van der Waals surface area contributed by atoms with Crippen molar-refractivity contribution in [3.8, 4) is 5.75 Å². The second kappa shape index (κ2) is 9.92. The minimum Gasteiger partial charge on any atom is -0.493 e. The number of carbonyl (C=O) groups is 4. The summed E-state index contributed by atoms with van der Waals surface area (Å²) in [6, 6.07) is 7.87. The number of amides is 2. The summed E-state index contributed by atoms with van der Waals surface area (Å²) < 4.78 is 5.64. The van der Waals surface area contributed by atoms with E-state index in [-0.39, 0.29) is 36.4 Å². The molecule has 38 heavy (non-hydrogen) atoms. The molecule has 0 bridgehead atoms. The number of fused-ring (bicyclic) bond motifs is 2. The van der Waals surface area contributed by atoms with E-state index in [0.717, 1.165) is 11.1 Å². The van der Waals surface area contributed by atoms with E-state index in [2.05, 4.69) is 5.32 Å². The molecule has 200 valence electrons. The zero-order valence-corrected chi connectivity index (χ0v) is 22.2. The van der Waals surface area contributed by atoms with E-state index in [0.29, 0.717) is 41.3 Å². The largest absolute Gasteiger partial charge is 0.493 e. The maximum absolute atomic E-state index is 13.4. The monoisotopic (exact) mass is 520 g/mol. The highest BCUT2D eigenvalue weighted by atomic mass is 16.5. The summed E-state index contributed by atoms with van der Waals surface area (Å²) in [6.07, 6.45) is -0.213. The van der Waals surface area contributed by atoms with Gasteiger partial charge in [0.25, 0.3) is 5.91 Å². The highest BCUT2D eigenvalue weighted by Crippen LogP contribution is 2.47. The Hall–Kier alpha value is -4.21. The second-order valence-corrected chi connectivity index (χ2v) is 10.1. The summed E-state index contributed by atoms with van der Waals surface area (Å²) in [7, 11) is 1.53. The van der Waals surface area contributed by atoms with E-state index in [1.165, 1.54) is 18.9 Å². The van der Waals surface area contributed by atoms with Gasteiger partial charge in [-0.05, 0) is 48.4 Å². The van der Waals surface area contributed by atoms with Gasteiger partial charge in [-0.3, -0.25) is 24.6 Å². The number of carboxylic acids is 1. The number of carboxylic acid groups (broad SMARTS) is 1. The number of hydrogen-bond acceptors (Lipinski definition) is 6. The van der Waals surface area contributed by atoms with Crippen LogP contribution in [0.4, 0.5) is 5.69 Å². The standard InChI is InChI=1S/C28H32N4O6/c1-6-38-23-10-17-13-31(26(29)18(17)11-19(23)27(37)30-5)14-22(34)16-7-8-21-20(9-16)28(3,4)24(12-25(35)36)32(21)15(2)33/h7-11,24,29H,6,12-14H2,1-5H3,(H,30,37)(H,35,36). The highest BCUT2D eigenvalue weighted by molar-refractivity contribution is 6.08. The smallest absolute Gasteiger partial charge is 0.305 e. The van der Waals surface area contributed by atoms with Crippen molar-refractivity contribution in [1.29, 1.82) is 5.41 Å². The lowest BCUT2D eigenvalue weighted by molar-refractivity contribution is -0.137. The molecule has 0 spiro atoms. The molecule has 10 nitrogen and oxygen atoms in total. The Morgan fingerprint density at radius 3 is 2.50 bits per heavy atom. The van der Waals surface area contributed by atoms with Gasteiger partial charge >= 0.3 is 5.97 Å². The summed E-state index contributed by atoms with van der Waals surface area (Å²) in [4.78, 5) is 52.9. The normalized spacial score (nSPS) is 17.2. The van der Waals surface area contributed by atoms with Gasteiger partial charge in [-0.2, -0.15) is 0 Å². The number of rotatable bonds is 8. The third kappa shape index (κ3) is 4.51. The average molecular weight is 521 g/mol. The molecule has 2 aromatic carbocycles. The van der Waals surface area contributed by atoms with Crippen molar-refractivity contribution in [2.45, 2.75) is 52.1 Å². The lowest BCUT2D eigenvalue weighted by Gasteiger charge is -2.31. The van der Waals surface area contributed by atoms with Gasteiger partial charge in [0.15, 0.2) is 5.78 Å². The fourth-order valence-corrected chi connectivity index (χ4v) is 5.42. The van der Waals surface area contributed by atoms with E-state index < -0.39 is 17.4 Å². The van der Waals surface area contributed by atoms with Gasteiger partial charge in [-0.15, -0.1) is 0 Å². The van der Waals surface area contributed by atoms with Crippen LogP contribution < -0.4 is 15.0 Å². The van der Waals surface area contributed by atoms with Gasteiger partial charge in [-0.25, -0.2) is 0 Å². The molecule has 1 unspecified atom stereocenters. The van der Waals surface area contributed by atoms with Crippen molar-refractivity contribution in [3.63, 3.8) is 0 Å². The summed E-state index contributed by atoms with van der Waals surface area (Å²) in [6.45, 7) is 7.64. The lowest BCUT2D eigenvalue weighted by atomic mass is 9.78. The molecule has 2 heterocycles. The molecule has 0 aromatic heterocycles. The molecule has 2 aromatic rings. The molecule has 1 atom stereocenters. The summed E-state index contributed by atoms with van der Waals surface area (Å²) in [5.74, 6) is -1.22. The molecular weight excluding hydrogens is 488 g/mol. The van der Waals surface area contributed by atoms with Crippen molar-refractivity contribution in [2.75, 3.05) is 25.1 Å². The molecule has 0 fully saturated rings.